The summed E-state index contributed by atoms with van der Waals surface area (Å²) in [4.78, 5) is 5.16. The van der Waals surface area contributed by atoms with Crippen LogP contribution in [-0.4, -0.2) is 6.04 Å². The van der Waals surface area contributed by atoms with Gasteiger partial charge in [0.25, 0.3) is 0 Å². The van der Waals surface area contributed by atoms with Gasteiger partial charge in [0.15, 0.2) is 0 Å². The van der Waals surface area contributed by atoms with E-state index in [1.165, 1.54) is 105 Å². The molecule has 2 heteroatoms. The normalized spacial score (nSPS) is 20.2. The molecule has 2 heterocycles. The van der Waals surface area contributed by atoms with Crippen LogP contribution in [0.5, 0.6) is 0 Å². The van der Waals surface area contributed by atoms with Crippen molar-refractivity contribution in [1.82, 2.24) is 0 Å². The van der Waals surface area contributed by atoms with Crippen molar-refractivity contribution in [3.05, 3.63) is 234 Å². The van der Waals surface area contributed by atoms with Crippen molar-refractivity contribution in [1.29, 1.82) is 0 Å². The van der Waals surface area contributed by atoms with Gasteiger partial charge in [-0.25, -0.2) is 0 Å². The average molecular weight is 767 g/mol. The second kappa shape index (κ2) is 13.2. The van der Waals surface area contributed by atoms with E-state index in [0.717, 1.165) is 19.3 Å². The minimum atomic E-state index is 0.277. The number of fused-ring (bicyclic) bond motifs is 12. The first kappa shape index (κ1) is 33.8. The molecule has 3 unspecified atom stereocenters. The van der Waals surface area contributed by atoms with E-state index in [2.05, 4.69) is 210 Å². The second-order valence-electron chi connectivity index (χ2n) is 17.1. The van der Waals surface area contributed by atoms with Crippen LogP contribution in [0.2, 0.25) is 0 Å². The standard InChI is InChI=1S/C58H42N2/c1-3-15-44-37(12-1)14-11-23-53(44)60-55-22-10-8-19-48(55)52-35-41(29-33-57(52)60)40-28-32-56-51(34-40)47-18-7-9-21-54(47)59(56)43-30-26-39(27-31-43)50-36-42-25-24-38-13-2-4-16-45(38)58(42)49-20-6-5-17-46(49)50/h1-26,28-30,32-34,36,47,52,54H,27,31,35H2. The van der Waals surface area contributed by atoms with Crippen LogP contribution in [0.25, 0.3) is 54.2 Å². The largest absolute Gasteiger partial charge is 0.337 e. The first-order valence-electron chi connectivity index (χ1n) is 21.6. The minimum Gasteiger partial charge on any atom is -0.337 e. The van der Waals surface area contributed by atoms with E-state index in [9.17, 15) is 0 Å². The van der Waals surface area contributed by atoms with Crippen LogP contribution in [0, 0.1) is 0 Å². The van der Waals surface area contributed by atoms with E-state index < -0.39 is 0 Å². The molecule has 284 valence electrons. The van der Waals surface area contributed by atoms with E-state index in [0.29, 0.717) is 11.8 Å². The number of allylic oxidation sites excluding steroid dienone is 10. The van der Waals surface area contributed by atoms with E-state index in [1.807, 2.05) is 0 Å². The molecule has 0 saturated carbocycles. The lowest BCUT2D eigenvalue weighted by molar-refractivity contribution is 0.703. The molecule has 2 aliphatic heterocycles. The molecule has 0 bridgehead atoms. The molecule has 2 nitrogen and oxygen atoms in total. The van der Waals surface area contributed by atoms with Crippen molar-refractivity contribution in [2.45, 2.75) is 37.1 Å². The molecule has 8 aromatic carbocycles. The van der Waals surface area contributed by atoms with E-state index in [1.54, 1.807) is 0 Å². The maximum absolute atomic E-state index is 2.64. The van der Waals surface area contributed by atoms with Gasteiger partial charge < -0.3 is 9.80 Å². The van der Waals surface area contributed by atoms with Crippen LogP contribution in [0.15, 0.2) is 212 Å². The summed E-state index contributed by atoms with van der Waals surface area (Å²) in [5.41, 5.74) is 15.0. The Kier molecular flexibility index (Phi) is 7.42. The SMILES string of the molecule is C1=CC2c3cc(C4=CC=C5C(C4)c4ccccc4N5c4cccc5ccccc45)ccc3N(C3=CC=C(c4cc5ccc6ccccc6c5c5ccccc45)CC3)C2C=C1. The Labute approximate surface area is 350 Å². The Bertz CT molecular complexity index is 3330. The second-order valence-corrected chi connectivity index (χ2v) is 17.1. The quantitative estimate of drug-likeness (QED) is 0.165. The summed E-state index contributed by atoms with van der Waals surface area (Å²) in [5.74, 6) is 0.627. The highest BCUT2D eigenvalue weighted by molar-refractivity contribution is 6.22. The highest BCUT2D eigenvalue weighted by Crippen LogP contribution is 2.55. The van der Waals surface area contributed by atoms with Gasteiger partial charge in [-0.2, -0.15) is 0 Å². The molecule has 5 aliphatic rings. The molecule has 60 heavy (non-hydrogen) atoms. The molecular formula is C58H42N2. The van der Waals surface area contributed by atoms with Gasteiger partial charge in [-0.15, -0.1) is 0 Å². The van der Waals surface area contributed by atoms with Gasteiger partial charge in [-0.1, -0.05) is 158 Å². The molecule has 0 radical (unpaired) electrons. The monoisotopic (exact) mass is 766 g/mol. The van der Waals surface area contributed by atoms with E-state index >= 15 is 0 Å². The number of benzene rings is 8. The van der Waals surface area contributed by atoms with Crippen LogP contribution in [0.1, 0.15) is 53.4 Å². The number of hydrogen-bond acceptors (Lipinski definition) is 2. The Morgan fingerprint density at radius 1 is 0.467 bits per heavy atom. The van der Waals surface area contributed by atoms with Gasteiger partial charge in [-0.05, 0) is 133 Å². The summed E-state index contributed by atoms with van der Waals surface area (Å²) in [6.45, 7) is 0. The fraction of sp³-hybridized carbons (Fsp3) is 0.103. The molecule has 0 amide bonds. The van der Waals surface area contributed by atoms with Crippen molar-refractivity contribution >= 4 is 71.3 Å². The predicted molar refractivity (Wildman–Crippen MR) is 254 cm³/mol. The van der Waals surface area contributed by atoms with E-state index in [4.69, 9.17) is 0 Å². The van der Waals surface area contributed by atoms with Gasteiger partial charge in [0.05, 0.1) is 11.7 Å². The van der Waals surface area contributed by atoms with Crippen molar-refractivity contribution in [3.63, 3.8) is 0 Å². The maximum Gasteiger partial charge on any atom is 0.0626 e. The molecule has 0 saturated heterocycles. The van der Waals surface area contributed by atoms with E-state index in [-0.39, 0.29) is 6.04 Å². The van der Waals surface area contributed by atoms with Crippen LogP contribution < -0.4 is 9.80 Å². The molecule has 8 aromatic rings. The van der Waals surface area contributed by atoms with Crippen LogP contribution in [0.4, 0.5) is 17.1 Å². The third-order valence-corrected chi connectivity index (χ3v) is 14.0. The summed E-state index contributed by atoms with van der Waals surface area (Å²) in [7, 11) is 0. The lowest BCUT2D eigenvalue weighted by Crippen LogP contribution is -2.32. The Morgan fingerprint density at radius 3 is 2.07 bits per heavy atom. The van der Waals surface area contributed by atoms with Gasteiger partial charge in [-0.3, -0.25) is 0 Å². The predicted octanol–water partition coefficient (Wildman–Crippen LogP) is 15.1. The third kappa shape index (κ3) is 5.01. The number of anilines is 3. The molecule has 0 spiro atoms. The summed E-state index contributed by atoms with van der Waals surface area (Å²) in [5, 5.41) is 10.5. The smallest absolute Gasteiger partial charge is 0.0626 e. The van der Waals surface area contributed by atoms with Crippen LogP contribution in [0.3, 0.4) is 0 Å². The maximum atomic E-state index is 2.64. The van der Waals surface area contributed by atoms with Crippen molar-refractivity contribution in [3.8, 4) is 0 Å². The first-order chi connectivity index (χ1) is 29.8. The minimum absolute atomic E-state index is 0.277. The van der Waals surface area contributed by atoms with Crippen molar-refractivity contribution in [2.24, 2.45) is 0 Å². The number of para-hydroxylation sites is 1. The average Bonchev–Trinajstić information content (AvgIpc) is 3.83. The lowest BCUT2D eigenvalue weighted by Gasteiger charge is -2.32. The van der Waals surface area contributed by atoms with Gasteiger partial charge in [0.2, 0.25) is 0 Å². The topological polar surface area (TPSA) is 6.48 Å². The Balaban J connectivity index is 0.861. The lowest BCUT2D eigenvalue weighted by atomic mass is 9.83. The molecule has 0 N–H and O–H groups in total. The molecule has 3 aliphatic carbocycles. The van der Waals surface area contributed by atoms with Crippen molar-refractivity contribution < 1.29 is 0 Å². The third-order valence-electron chi connectivity index (χ3n) is 14.0. The number of rotatable bonds is 4. The molecule has 13 rings (SSSR count). The molecule has 0 fully saturated rings. The van der Waals surface area contributed by atoms with Crippen LogP contribution in [-0.2, 0) is 0 Å². The highest BCUT2D eigenvalue weighted by Gasteiger charge is 2.40. The first-order valence-corrected chi connectivity index (χ1v) is 21.6. The summed E-state index contributed by atoms with van der Waals surface area (Å²) < 4.78 is 0. The molecular weight excluding hydrogens is 725 g/mol. The number of hydrogen-bond donors (Lipinski definition) is 0. The molecule has 3 atom stereocenters. The van der Waals surface area contributed by atoms with Crippen LogP contribution >= 0.6 is 0 Å². The zero-order valence-electron chi connectivity index (χ0n) is 33.3. The zero-order valence-corrected chi connectivity index (χ0v) is 33.3. The Morgan fingerprint density at radius 2 is 1.18 bits per heavy atom. The summed E-state index contributed by atoms with van der Waals surface area (Å²) in [6, 6.07) is 56.9. The van der Waals surface area contributed by atoms with Crippen molar-refractivity contribution in [2.75, 3.05) is 9.80 Å². The van der Waals surface area contributed by atoms with Gasteiger partial charge >= 0.3 is 0 Å². The Hall–Kier alpha value is -7.16. The van der Waals surface area contributed by atoms with Gasteiger partial charge in [0.1, 0.15) is 0 Å². The highest BCUT2D eigenvalue weighted by atomic mass is 15.2. The fourth-order valence-corrected chi connectivity index (χ4v) is 11.3. The fourth-order valence-electron chi connectivity index (χ4n) is 11.3. The zero-order chi connectivity index (χ0) is 39.3. The van der Waals surface area contributed by atoms with Gasteiger partial charge in [0, 0.05) is 40.0 Å². The summed E-state index contributed by atoms with van der Waals surface area (Å²) >= 11 is 0. The molecule has 0 aromatic heterocycles. The summed E-state index contributed by atoms with van der Waals surface area (Å²) in [6.07, 6.45) is 21.9. The number of nitrogens with zero attached hydrogens (tertiary/aromatic N) is 2.